The van der Waals surface area contributed by atoms with Crippen molar-refractivity contribution in [2.24, 2.45) is 5.92 Å². The van der Waals surface area contributed by atoms with Gasteiger partial charge in [0, 0.05) is 17.0 Å². The lowest BCUT2D eigenvalue weighted by atomic mass is 9.85. The van der Waals surface area contributed by atoms with Gasteiger partial charge >= 0.3 is 5.97 Å². The highest BCUT2D eigenvalue weighted by molar-refractivity contribution is 7.17. The van der Waals surface area contributed by atoms with Crippen LogP contribution in [0.3, 0.4) is 0 Å². The van der Waals surface area contributed by atoms with Crippen molar-refractivity contribution in [3.63, 3.8) is 0 Å². The number of ether oxygens (including phenoxy) is 1. The Morgan fingerprint density at radius 3 is 2.64 bits per heavy atom. The Morgan fingerprint density at radius 2 is 2.04 bits per heavy atom. The fraction of sp³-hybridized carbons (Fsp3) is 0.400. The minimum Gasteiger partial charge on any atom is -0.465 e. The van der Waals surface area contributed by atoms with E-state index in [1.165, 1.54) is 30.6 Å². The van der Waals surface area contributed by atoms with E-state index in [1.54, 1.807) is 12.1 Å². The molecule has 0 fully saturated rings. The van der Waals surface area contributed by atoms with Crippen molar-refractivity contribution in [3.8, 4) is 0 Å². The van der Waals surface area contributed by atoms with E-state index in [1.807, 2.05) is 0 Å². The highest BCUT2D eigenvalue weighted by Gasteiger charge is 2.29. The van der Waals surface area contributed by atoms with Crippen LogP contribution in [0, 0.1) is 16.0 Å². The molecule has 0 spiro atoms. The minimum atomic E-state index is -0.480. The monoisotopic (exact) mass is 402 g/mol. The molecule has 1 N–H and O–H groups in total. The van der Waals surface area contributed by atoms with Crippen molar-refractivity contribution in [3.05, 3.63) is 55.9 Å². The fourth-order valence-electron chi connectivity index (χ4n) is 3.50. The second-order valence-corrected chi connectivity index (χ2v) is 7.97. The van der Waals surface area contributed by atoms with E-state index < -0.39 is 10.9 Å². The number of amides is 1. The quantitative estimate of drug-likeness (QED) is 0.445. The average molecular weight is 402 g/mol. The third-order valence-electron chi connectivity index (χ3n) is 5.10. The molecule has 0 saturated heterocycles. The summed E-state index contributed by atoms with van der Waals surface area (Å²) >= 11 is 1.45. The molecule has 2 aromatic rings. The van der Waals surface area contributed by atoms with Crippen molar-refractivity contribution in [1.29, 1.82) is 0 Å². The number of anilines is 1. The zero-order valence-corrected chi connectivity index (χ0v) is 16.6. The predicted octanol–water partition coefficient (Wildman–Crippen LogP) is 4.14. The first-order valence-electron chi connectivity index (χ1n) is 9.19. The van der Waals surface area contributed by atoms with Gasteiger partial charge in [-0.3, -0.25) is 14.9 Å². The van der Waals surface area contributed by atoms with Gasteiger partial charge in [0.1, 0.15) is 5.00 Å². The highest BCUT2D eigenvalue weighted by Crippen LogP contribution is 2.40. The third kappa shape index (κ3) is 4.22. The van der Waals surface area contributed by atoms with Gasteiger partial charge in [-0.2, -0.15) is 0 Å². The molecule has 0 saturated carbocycles. The molecule has 1 unspecified atom stereocenters. The van der Waals surface area contributed by atoms with Gasteiger partial charge < -0.3 is 10.1 Å². The van der Waals surface area contributed by atoms with Gasteiger partial charge in [-0.25, -0.2) is 4.79 Å². The topological polar surface area (TPSA) is 98.5 Å². The molecule has 1 aliphatic rings. The molecule has 1 aromatic carbocycles. The largest absolute Gasteiger partial charge is 0.465 e. The maximum Gasteiger partial charge on any atom is 0.341 e. The fourth-order valence-corrected chi connectivity index (χ4v) is 4.87. The van der Waals surface area contributed by atoms with E-state index in [9.17, 15) is 19.7 Å². The van der Waals surface area contributed by atoms with Crippen LogP contribution in [0.25, 0.3) is 0 Å². The molecule has 1 atom stereocenters. The number of nitrogens with zero attached hydrogens (tertiary/aromatic N) is 1. The molecule has 1 heterocycles. The number of fused-ring (bicyclic) bond motifs is 1. The van der Waals surface area contributed by atoms with Gasteiger partial charge in [0.25, 0.3) is 5.69 Å². The summed E-state index contributed by atoms with van der Waals surface area (Å²) < 4.78 is 4.94. The van der Waals surface area contributed by atoms with Crippen LogP contribution in [0.5, 0.6) is 0 Å². The van der Waals surface area contributed by atoms with E-state index in [-0.39, 0.29) is 18.0 Å². The predicted molar refractivity (Wildman–Crippen MR) is 107 cm³/mol. The third-order valence-corrected chi connectivity index (χ3v) is 6.27. The second-order valence-electron chi connectivity index (χ2n) is 6.87. The van der Waals surface area contributed by atoms with Gasteiger partial charge in [-0.15, -0.1) is 11.3 Å². The second kappa shape index (κ2) is 8.52. The standard InChI is InChI=1S/C20H22N2O5S/c1-3-12-6-9-15-16(10-12)28-19(18(15)20(24)27-2)21-17(23)11-13-4-7-14(8-5-13)22(25)26/h4-5,7-8,12H,3,6,9-11H2,1-2H3,(H,21,23). The normalized spacial score (nSPS) is 15.6. The van der Waals surface area contributed by atoms with E-state index in [2.05, 4.69) is 12.2 Å². The average Bonchev–Trinajstić information content (AvgIpc) is 3.04. The molecule has 1 amide bonds. The molecule has 1 aliphatic carbocycles. The molecule has 1 aromatic heterocycles. The van der Waals surface area contributed by atoms with Gasteiger partial charge in [-0.1, -0.05) is 25.5 Å². The Bertz CT molecular complexity index is 904. The Hall–Kier alpha value is -2.74. The summed E-state index contributed by atoms with van der Waals surface area (Å²) in [5, 5.41) is 14.1. The van der Waals surface area contributed by atoms with Gasteiger partial charge in [0.05, 0.1) is 24.0 Å². The first-order valence-corrected chi connectivity index (χ1v) is 10.0. The molecule has 8 heteroatoms. The SMILES string of the molecule is CCC1CCc2c(sc(NC(=O)Cc3ccc([N+](=O)[O-])cc3)c2C(=O)OC)C1. The number of hydrogen-bond acceptors (Lipinski definition) is 6. The van der Waals surface area contributed by atoms with Crippen LogP contribution < -0.4 is 5.32 Å². The Balaban J connectivity index is 1.79. The van der Waals surface area contributed by atoms with Crippen molar-refractivity contribution in [1.82, 2.24) is 0 Å². The van der Waals surface area contributed by atoms with E-state index in [0.29, 0.717) is 22.0 Å². The van der Waals surface area contributed by atoms with Crippen molar-refractivity contribution >= 4 is 33.9 Å². The Kier molecular flexibility index (Phi) is 6.08. The number of hydrogen-bond donors (Lipinski definition) is 1. The first kappa shape index (κ1) is 20.0. The molecule has 7 nitrogen and oxygen atoms in total. The number of nitro groups is 1. The van der Waals surface area contributed by atoms with Crippen LogP contribution in [-0.2, 0) is 28.8 Å². The Labute approximate surface area is 166 Å². The summed E-state index contributed by atoms with van der Waals surface area (Å²) in [5.41, 5.74) is 2.10. The van der Waals surface area contributed by atoms with E-state index in [4.69, 9.17) is 4.74 Å². The molecular formula is C20H22N2O5S. The number of esters is 1. The van der Waals surface area contributed by atoms with Crippen LogP contribution in [0.15, 0.2) is 24.3 Å². The van der Waals surface area contributed by atoms with Crippen LogP contribution in [0.1, 0.15) is 46.1 Å². The number of carbonyl (C=O) groups excluding carboxylic acids is 2. The molecule has 0 bridgehead atoms. The molecule has 0 aliphatic heterocycles. The number of benzene rings is 1. The van der Waals surface area contributed by atoms with Crippen molar-refractivity contribution < 1.29 is 19.2 Å². The van der Waals surface area contributed by atoms with Gasteiger partial charge in [0.2, 0.25) is 5.91 Å². The minimum absolute atomic E-state index is 0.0199. The number of nitrogens with one attached hydrogen (secondary N) is 1. The Morgan fingerprint density at radius 1 is 1.32 bits per heavy atom. The van der Waals surface area contributed by atoms with Crippen molar-refractivity contribution in [2.75, 3.05) is 12.4 Å². The lowest BCUT2D eigenvalue weighted by molar-refractivity contribution is -0.384. The molecule has 3 rings (SSSR count). The smallest absolute Gasteiger partial charge is 0.341 e. The maximum atomic E-state index is 12.5. The number of methoxy groups -OCH3 is 1. The lowest BCUT2D eigenvalue weighted by Crippen LogP contribution is -2.17. The summed E-state index contributed by atoms with van der Waals surface area (Å²) in [5.74, 6) is -0.108. The first-order chi connectivity index (χ1) is 13.4. The maximum absolute atomic E-state index is 12.5. The highest BCUT2D eigenvalue weighted by atomic mass is 32.1. The zero-order valence-electron chi connectivity index (χ0n) is 15.8. The molecule has 28 heavy (non-hydrogen) atoms. The number of thiophene rings is 1. The zero-order chi connectivity index (χ0) is 20.3. The van der Waals surface area contributed by atoms with Crippen LogP contribution in [-0.4, -0.2) is 23.9 Å². The summed E-state index contributed by atoms with van der Waals surface area (Å²) in [6.45, 7) is 2.16. The molecular weight excluding hydrogens is 380 g/mol. The van der Waals surface area contributed by atoms with E-state index in [0.717, 1.165) is 36.1 Å². The van der Waals surface area contributed by atoms with Crippen LogP contribution in [0.4, 0.5) is 10.7 Å². The summed E-state index contributed by atoms with van der Waals surface area (Å²) in [6.07, 6.45) is 3.91. The van der Waals surface area contributed by atoms with Crippen molar-refractivity contribution in [2.45, 2.75) is 39.0 Å². The van der Waals surface area contributed by atoms with Crippen LogP contribution in [0.2, 0.25) is 0 Å². The van der Waals surface area contributed by atoms with Gasteiger partial charge in [0.15, 0.2) is 0 Å². The van der Waals surface area contributed by atoms with E-state index >= 15 is 0 Å². The lowest BCUT2D eigenvalue weighted by Gasteiger charge is -2.20. The summed E-state index contributed by atoms with van der Waals surface area (Å²) in [7, 11) is 1.34. The van der Waals surface area contributed by atoms with Gasteiger partial charge in [-0.05, 0) is 36.3 Å². The number of nitro benzene ring substituents is 1. The molecule has 148 valence electrons. The number of rotatable bonds is 6. The summed E-state index contributed by atoms with van der Waals surface area (Å²) in [6, 6.07) is 5.86. The number of carbonyl (C=O) groups is 2. The molecule has 0 radical (unpaired) electrons. The summed E-state index contributed by atoms with van der Waals surface area (Å²) in [4.78, 5) is 36.2. The number of non-ortho nitro benzene ring substituents is 1. The van der Waals surface area contributed by atoms with Crippen LogP contribution >= 0.6 is 11.3 Å².